The number of esters is 1. The predicted molar refractivity (Wildman–Crippen MR) is 93.0 cm³/mol. The van der Waals surface area contributed by atoms with E-state index in [-0.39, 0.29) is 12.6 Å². The number of ether oxygens (including phenoxy) is 1. The van der Waals surface area contributed by atoms with E-state index in [1.165, 1.54) is 0 Å². The molecule has 2 rings (SSSR count). The van der Waals surface area contributed by atoms with Crippen molar-refractivity contribution in [3.05, 3.63) is 34.9 Å². The maximum atomic E-state index is 12.6. The Morgan fingerprint density at radius 1 is 1.33 bits per heavy atom. The predicted octanol–water partition coefficient (Wildman–Crippen LogP) is 1.88. The standard InChI is InChI=1S/C18H26ClNO4/c1-2-24-17(23)18(11-14-3-5-15(19)6-4-14)7-9-20(10-8-18)12-16(22)13-21/h3-6,16,21-22H,2,7-13H2,1H3/t16-/m1/s1. The molecular formula is C18H26ClNO4. The van der Waals surface area contributed by atoms with Gasteiger partial charge in [0.15, 0.2) is 0 Å². The highest BCUT2D eigenvalue weighted by Gasteiger charge is 2.42. The molecule has 134 valence electrons. The van der Waals surface area contributed by atoms with Gasteiger partial charge in [-0.05, 0) is 57.0 Å². The lowest BCUT2D eigenvalue weighted by atomic mass is 9.73. The maximum absolute atomic E-state index is 12.6. The lowest BCUT2D eigenvalue weighted by Gasteiger charge is -2.40. The number of carbonyl (C=O) groups excluding carboxylic acids is 1. The van der Waals surface area contributed by atoms with E-state index >= 15 is 0 Å². The summed E-state index contributed by atoms with van der Waals surface area (Å²) in [6, 6.07) is 7.57. The van der Waals surface area contributed by atoms with E-state index in [0.717, 1.165) is 5.56 Å². The first kappa shape index (κ1) is 19.2. The van der Waals surface area contributed by atoms with Crippen LogP contribution in [0.1, 0.15) is 25.3 Å². The van der Waals surface area contributed by atoms with Gasteiger partial charge in [0.05, 0.1) is 24.7 Å². The molecule has 0 aromatic heterocycles. The van der Waals surface area contributed by atoms with Crippen LogP contribution in [0.3, 0.4) is 0 Å². The first-order valence-corrected chi connectivity index (χ1v) is 8.80. The molecule has 1 heterocycles. The minimum absolute atomic E-state index is 0.151. The Kier molecular flexibility index (Phi) is 7.04. The summed E-state index contributed by atoms with van der Waals surface area (Å²) in [6.07, 6.45) is 1.23. The van der Waals surface area contributed by atoms with Gasteiger partial charge >= 0.3 is 5.97 Å². The van der Waals surface area contributed by atoms with Crippen molar-refractivity contribution in [2.24, 2.45) is 5.41 Å². The normalized spacial score (nSPS) is 19.0. The van der Waals surface area contributed by atoms with Crippen molar-refractivity contribution in [3.8, 4) is 0 Å². The van der Waals surface area contributed by atoms with Gasteiger partial charge in [0, 0.05) is 11.6 Å². The number of piperidine rings is 1. The highest BCUT2D eigenvalue weighted by Crippen LogP contribution is 2.37. The van der Waals surface area contributed by atoms with Crippen molar-refractivity contribution in [1.82, 2.24) is 4.90 Å². The fourth-order valence-corrected chi connectivity index (χ4v) is 3.38. The van der Waals surface area contributed by atoms with E-state index in [1.54, 1.807) is 0 Å². The van der Waals surface area contributed by atoms with Crippen molar-refractivity contribution >= 4 is 17.6 Å². The minimum Gasteiger partial charge on any atom is -0.466 e. The van der Waals surface area contributed by atoms with E-state index < -0.39 is 11.5 Å². The second kappa shape index (κ2) is 8.81. The molecule has 24 heavy (non-hydrogen) atoms. The lowest BCUT2D eigenvalue weighted by Crippen LogP contribution is -2.48. The highest BCUT2D eigenvalue weighted by molar-refractivity contribution is 6.30. The van der Waals surface area contributed by atoms with Crippen LogP contribution in [0.4, 0.5) is 0 Å². The monoisotopic (exact) mass is 355 g/mol. The summed E-state index contributed by atoms with van der Waals surface area (Å²) >= 11 is 5.94. The smallest absolute Gasteiger partial charge is 0.312 e. The number of aliphatic hydroxyl groups excluding tert-OH is 2. The quantitative estimate of drug-likeness (QED) is 0.731. The molecule has 1 atom stereocenters. The fraction of sp³-hybridized carbons (Fsp3) is 0.611. The molecule has 0 spiro atoms. The van der Waals surface area contributed by atoms with Crippen molar-refractivity contribution < 1.29 is 19.7 Å². The van der Waals surface area contributed by atoms with Crippen LogP contribution in [-0.4, -0.2) is 60.0 Å². The highest BCUT2D eigenvalue weighted by atomic mass is 35.5. The topological polar surface area (TPSA) is 70.0 Å². The molecule has 0 unspecified atom stereocenters. The number of carbonyl (C=O) groups is 1. The van der Waals surface area contributed by atoms with Crippen LogP contribution in [0.5, 0.6) is 0 Å². The summed E-state index contributed by atoms with van der Waals surface area (Å²) in [7, 11) is 0. The average molecular weight is 356 g/mol. The third-order valence-corrected chi connectivity index (χ3v) is 4.91. The van der Waals surface area contributed by atoms with Gasteiger partial charge in [-0.25, -0.2) is 0 Å². The number of β-amino-alcohol motifs (C(OH)–C–C–N with tert-alkyl or cyclic N) is 1. The van der Waals surface area contributed by atoms with Crippen molar-refractivity contribution in [2.75, 3.05) is 32.8 Å². The third-order valence-electron chi connectivity index (χ3n) is 4.66. The largest absolute Gasteiger partial charge is 0.466 e. The number of hydrogen-bond acceptors (Lipinski definition) is 5. The summed E-state index contributed by atoms with van der Waals surface area (Å²) in [6.45, 7) is 3.77. The summed E-state index contributed by atoms with van der Waals surface area (Å²) in [5.74, 6) is -0.151. The van der Waals surface area contributed by atoms with E-state index in [0.29, 0.717) is 50.5 Å². The Labute approximate surface area is 148 Å². The molecule has 6 heteroatoms. The zero-order valence-electron chi connectivity index (χ0n) is 14.1. The van der Waals surface area contributed by atoms with Crippen LogP contribution in [0.25, 0.3) is 0 Å². The summed E-state index contributed by atoms with van der Waals surface area (Å²) in [5.41, 5.74) is 0.529. The lowest BCUT2D eigenvalue weighted by molar-refractivity contribution is -0.158. The number of rotatable bonds is 7. The summed E-state index contributed by atoms with van der Waals surface area (Å²) in [5, 5.41) is 19.3. The van der Waals surface area contributed by atoms with Crippen molar-refractivity contribution in [2.45, 2.75) is 32.3 Å². The Balaban J connectivity index is 2.08. The maximum Gasteiger partial charge on any atom is 0.312 e. The zero-order chi connectivity index (χ0) is 17.6. The molecule has 2 N–H and O–H groups in total. The van der Waals surface area contributed by atoms with Crippen molar-refractivity contribution in [1.29, 1.82) is 0 Å². The first-order valence-electron chi connectivity index (χ1n) is 8.42. The van der Waals surface area contributed by atoms with Gasteiger partial charge in [-0.2, -0.15) is 0 Å². The molecule has 1 aromatic carbocycles. The Morgan fingerprint density at radius 3 is 2.50 bits per heavy atom. The molecule has 1 fully saturated rings. The number of likely N-dealkylation sites (tertiary alicyclic amines) is 1. The van der Waals surface area contributed by atoms with Gasteiger partial charge in [0.2, 0.25) is 0 Å². The molecule has 1 aliphatic heterocycles. The number of nitrogens with zero attached hydrogens (tertiary/aromatic N) is 1. The van der Waals surface area contributed by atoms with Gasteiger partial charge in [-0.3, -0.25) is 4.79 Å². The molecule has 0 bridgehead atoms. The van der Waals surface area contributed by atoms with E-state index in [9.17, 15) is 9.90 Å². The fourth-order valence-electron chi connectivity index (χ4n) is 3.25. The first-order chi connectivity index (χ1) is 11.5. The van der Waals surface area contributed by atoms with Gasteiger partial charge in [0.1, 0.15) is 0 Å². The van der Waals surface area contributed by atoms with Gasteiger partial charge in [-0.15, -0.1) is 0 Å². The molecule has 0 aliphatic carbocycles. The zero-order valence-corrected chi connectivity index (χ0v) is 14.8. The SMILES string of the molecule is CCOC(=O)C1(Cc2ccc(Cl)cc2)CCN(C[C@@H](O)CO)CC1. The molecule has 0 saturated carbocycles. The molecular weight excluding hydrogens is 330 g/mol. The summed E-state index contributed by atoms with van der Waals surface area (Å²) in [4.78, 5) is 14.7. The second-order valence-corrected chi connectivity index (χ2v) is 6.88. The number of hydrogen-bond donors (Lipinski definition) is 2. The van der Waals surface area contributed by atoms with Crippen molar-refractivity contribution in [3.63, 3.8) is 0 Å². The Bertz CT molecular complexity index is 526. The molecule has 5 nitrogen and oxygen atoms in total. The number of halogens is 1. The van der Waals surface area contributed by atoms with Gasteiger partial charge < -0.3 is 19.8 Å². The third kappa shape index (κ3) is 4.93. The second-order valence-electron chi connectivity index (χ2n) is 6.44. The molecule has 0 amide bonds. The molecule has 1 saturated heterocycles. The number of benzene rings is 1. The van der Waals surface area contributed by atoms with Crippen LogP contribution >= 0.6 is 11.6 Å². The van der Waals surface area contributed by atoms with Gasteiger partial charge in [0.25, 0.3) is 0 Å². The van der Waals surface area contributed by atoms with Crippen LogP contribution in [-0.2, 0) is 16.0 Å². The van der Waals surface area contributed by atoms with Crippen LogP contribution < -0.4 is 0 Å². The average Bonchev–Trinajstić information content (AvgIpc) is 2.59. The van der Waals surface area contributed by atoms with E-state index in [2.05, 4.69) is 4.90 Å². The molecule has 0 radical (unpaired) electrons. The van der Waals surface area contributed by atoms with Gasteiger partial charge in [-0.1, -0.05) is 23.7 Å². The van der Waals surface area contributed by atoms with E-state index in [4.69, 9.17) is 21.4 Å². The van der Waals surface area contributed by atoms with E-state index in [1.807, 2.05) is 31.2 Å². The molecule has 1 aliphatic rings. The van der Waals surface area contributed by atoms with Crippen LogP contribution in [0.2, 0.25) is 5.02 Å². The van der Waals surface area contributed by atoms with Crippen LogP contribution in [0, 0.1) is 5.41 Å². The minimum atomic E-state index is -0.739. The van der Waals surface area contributed by atoms with Crippen LogP contribution in [0.15, 0.2) is 24.3 Å². The summed E-state index contributed by atoms with van der Waals surface area (Å²) < 4.78 is 5.35. The number of aliphatic hydroxyl groups is 2. The Morgan fingerprint density at radius 2 is 1.96 bits per heavy atom. The molecule has 1 aromatic rings. The Hall–Kier alpha value is -1.14.